The van der Waals surface area contributed by atoms with E-state index in [0.29, 0.717) is 34.6 Å². The van der Waals surface area contributed by atoms with E-state index in [1.54, 1.807) is 12.1 Å². The molecule has 4 nitrogen and oxygen atoms in total. The van der Waals surface area contributed by atoms with Gasteiger partial charge in [0.15, 0.2) is 0 Å². The first-order valence-corrected chi connectivity index (χ1v) is 13.2. The number of fused-ring (bicyclic) bond motifs is 5. The van der Waals surface area contributed by atoms with Gasteiger partial charge < -0.3 is 9.47 Å². The van der Waals surface area contributed by atoms with Gasteiger partial charge >= 0.3 is 11.9 Å². The Bertz CT molecular complexity index is 1270. The van der Waals surface area contributed by atoms with E-state index < -0.39 is 0 Å². The number of carbonyl (C=O) groups is 2. The molecule has 2 fully saturated rings. The summed E-state index contributed by atoms with van der Waals surface area (Å²) >= 11 is 0. The van der Waals surface area contributed by atoms with Gasteiger partial charge in [0.2, 0.25) is 0 Å². The Kier molecular flexibility index (Phi) is 5.91. The second-order valence-corrected chi connectivity index (χ2v) is 10.9. The van der Waals surface area contributed by atoms with Crippen LogP contribution in [0.25, 0.3) is 0 Å². The van der Waals surface area contributed by atoms with Gasteiger partial charge in [-0.2, -0.15) is 0 Å². The number of rotatable bonds is 4. The fourth-order valence-corrected chi connectivity index (χ4v) is 7.28. The molecule has 2 saturated carbocycles. The van der Waals surface area contributed by atoms with Crippen molar-refractivity contribution in [2.24, 2.45) is 17.3 Å². The van der Waals surface area contributed by atoms with Crippen LogP contribution in [0.3, 0.4) is 0 Å². The molecule has 0 unspecified atom stereocenters. The molecule has 3 aromatic carbocycles. The minimum absolute atomic E-state index is 0.0164. The zero-order valence-corrected chi connectivity index (χ0v) is 20.7. The molecule has 0 heterocycles. The maximum absolute atomic E-state index is 12.8. The van der Waals surface area contributed by atoms with Crippen molar-refractivity contribution >= 4 is 11.9 Å². The summed E-state index contributed by atoms with van der Waals surface area (Å²) in [5.74, 6) is 1.79. The molecule has 5 atom stereocenters. The number of hydrogen-bond acceptors (Lipinski definition) is 4. The van der Waals surface area contributed by atoms with Gasteiger partial charge in [0.25, 0.3) is 0 Å². The molecule has 0 N–H and O–H groups in total. The molecule has 3 aliphatic carbocycles. The van der Waals surface area contributed by atoms with Crippen molar-refractivity contribution in [3.05, 3.63) is 101 Å². The Balaban J connectivity index is 1.17. The van der Waals surface area contributed by atoms with Gasteiger partial charge in [-0.1, -0.05) is 49.4 Å². The van der Waals surface area contributed by atoms with Crippen molar-refractivity contribution in [3.8, 4) is 5.75 Å². The molecular formula is C32H32O4. The van der Waals surface area contributed by atoms with E-state index in [4.69, 9.17) is 9.47 Å². The summed E-state index contributed by atoms with van der Waals surface area (Å²) in [6.07, 6.45) is 6.35. The lowest BCUT2D eigenvalue weighted by molar-refractivity contribution is -0.0427. The SMILES string of the molecule is C[C@]12CC[C@@H]3c4ccc(OC(=O)c5ccccc5)cc4CC[C@@H]3[C@@H]1CC[C@H]2OC(=O)c1ccccc1. The summed E-state index contributed by atoms with van der Waals surface area (Å²) in [7, 11) is 0. The van der Waals surface area contributed by atoms with Crippen molar-refractivity contribution in [1.29, 1.82) is 0 Å². The zero-order chi connectivity index (χ0) is 24.7. The molecule has 0 radical (unpaired) electrons. The third kappa shape index (κ3) is 4.03. The summed E-state index contributed by atoms with van der Waals surface area (Å²) in [5.41, 5.74) is 3.95. The van der Waals surface area contributed by atoms with Crippen LogP contribution in [0.4, 0.5) is 0 Å². The normalized spacial score (nSPS) is 28.4. The minimum Gasteiger partial charge on any atom is -0.458 e. The summed E-state index contributed by atoms with van der Waals surface area (Å²) in [4.78, 5) is 25.3. The molecule has 36 heavy (non-hydrogen) atoms. The van der Waals surface area contributed by atoms with E-state index in [-0.39, 0.29) is 23.5 Å². The first-order chi connectivity index (χ1) is 17.5. The van der Waals surface area contributed by atoms with Crippen LogP contribution in [-0.4, -0.2) is 18.0 Å². The summed E-state index contributed by atoms with van der Waals surface area (Å²) in [6.45, 7) is 2.35. The molecule has 0 spiro atoms. The number of hydrogen-bond donors (Lipinski definition) is 0. The monoisotopic (exact) mass is 480 g/mol. The number of esters is 2. The largest absolute Gasteiger partial charge is 0.458 e. The maximum atomic E-state index is 12.8. The van der Waals surface area contributed by atoms with E-state index >= 15 is 0 Å². The molecule has 6 rings (SSSR count). The van der Waals surface area contributed by atoms with E-state index in [1.165, 1.54) is 11.1 Å². The molecular weight excluding hydrogens is 448 g/mol. The van der Waals surface area contributed by atoms with E-state index in [9.17, 15) is 9.59 Å². The highest BCUT2D eigenvalue weighted by Crippen LogP contribution is 2.61. The molecule has 0 aliphatic heterocycles. The molecule has 0 amide bonds. The van der Waals surface area contributed by atoms with Crippen LogP contribution in [0.5, 0.6) is 5.75 Å². The van der Waals surface area contributed by atoms with Crippen molar-refractivity contribution < 1.29 is 19.1 Å². The van der Waals surface area contributed by atoms with Gasteiger partial charge in [-0.05, 0) is 104 Å². The van der Waals surface area contributed by atoms with Gasteiger partial charge in [-0.15, -0.1) is 0 Å². The van der Waals surface area contributed by atoms with Crippen LogP contribution in [0.15, 0.2) is 78.9 Å². The van der Waals surface area contributed by atoms with Crippen molar-refractivity contribution in [2.45, 2.75) is 57.5 Å². The predicted octanol–water partition coefficient (Wildman–Crippen LogP) is 6.99. The molecule has 0 bridgehead atoms. The first kappa shape index (κ1) is 23.0. The summed E-state index contributed by atoms with van der Waals surface area (Å²) in [6, 6.07) is 24.7. The topological polar surface area (TPSA) is 52.6 Å². The highest BCUT2D eigenvalue weighted by molar-refractivity contribution is 5.91. The maximum Gasteiger partial charge on any atom is 0.343 e. The molecule has 3 aliphatic rings. The summed E-state index contributed by atoms with van der Waals surface area (Å²) in [5, 5.41) is 0. The van der Waals surface area contributed by atoms with Crippen molar-refractivity contribution in [1.82, 2.24) is 0 Å². The number of aryl methyl sites for hydroxylation is 1. The number of carbonyl (C=O) groups excluding carboxylic acids is 2. The minimum atomic E-state index is -0.320. The summed E-state index contributed by atoms with van der Waals surface area (Å²) < 4.78 is 11.8. The zero-order valence-electron chi connectivity index (χ0n) is 20.7. The van der Waals surface area contributed by atoms with Gasteiger partial charge in [-0.3, -0.25) is 0 Å². The Hall–Kier alpha value is -3.40. The van der Waals surface area contributed by atoms with Gasteiger partial charge in [0, 0.05) is 5.41 Å². The van der Waals surface area contributed by atoms with Crippen LogP contribution in [0.1, 0.15) is 76.8 Å². The van der Waals surface area contributed by atoms with Crippen molar-refractivity contribution in [3.63, 3.8) is 0 Å². The second-order valence-electron chi connectivity index (χ2n) is 10.9. The van der Waals surface area contributed by atoms with Crippen LogP contribution in [0.2, 0.25) is 0 Å². The van der Waals surface area contributed by atoms with Crippen LogP contribution in [-0.2, 0) is 11.2 Å². The molecule has 0 aromatic heterocycles. The van der Waals surface area contributed by atoms with E-state index in [0.717, 1.165) is 38.5 Å². The average molecular weight is 481 g/mol. The molecule has 0 saturated heterocycles. The Morgan fingerprint density at radius 3 is 2.22 bits per heavy atom. The third-order valence-electron chi connectivity index (χ3n) is 9.09. The third-order valence-corrected chi connectivity index (χ3v) is 9.09. The Labute approximate surface area is 212 Å². The highest BCUT2D eigenvalue weighted by Gasteiger charge is 2.56. The lowest BCUT2D eigenvalue weighted by Crippen LogP contribution is -2.45. The smallest absolute Gasteiger partial charge is 0.343 e. The predicted molar refractivity (Wildman–Crippen MR) is 138 cm³/mol. The lowest BCUT2D eigenvalue weighted by Gasteiger charge is -2.50. The lowest BCUT2D eigenvalue weighted by atomic mass is 9.55. The number of benzene rings is 3. The van der Waals surface area contributed by atoms with Crippen LogP contribution >= 0.6 is 0 Å². The second kappa shape index (κ2) is 9.24. The Morgan fingerprint density at radius 1 is 0.806 bits per heavy atom. The molecule has 3 aromatic rings. The van der Waals surface area contributed by atoms with Gasteiger partial charge in [-0.25, -0.2) is 9.59 Å². The molecule has 4 heteroatoms. The average Bonchev–Trinajstić information content (AvgIpc) is 3.25. The quantitative estimate of drug-likeness (QED) is 0.298. The van der Waals surface area contributed by atoms with Crippen LogP contribution in [0, 0.1) is 17.3 Å². The Morgan fingerprint density at radius 2 is 1.50 bits per heavy atom. The van der Waals surface area contributed by atoms with Gasteiger partial charge in [0.1, 0.15) is 11.9 Å². The standard InChI is InChI=1S/C32H32O4/c1-32-19-18-26-25-15-13-24(35-30(33)21-8-4-2-5-9-21)20-23(25)12-14-27(26)28(32)16-17-29(32)36-31(34)22-10-6-3-7-11-22/h2-11,13,15,20,26-29H,12,14,16-19H2,1H3/t26-,27+,28+,29-,32+/m1/s1. The van der Waals surface area contributed by atoms with E-state index in [2.05, 4.69) is 19.1 Å². The van der Waals surface area contributed by atoms with Crippen LogP contribution < -0.4 is 4.74 Å². The first-order valence-electron chi connectivity index (χ1n) is 13.2. The fourth-order valence-electron chi connectivity index (χ4n) is 7.28. The van der Waals surface area contributed by atoms with E-state index in [1.807, 2.05) is 54.6 Å². The fraction of sp³-hybridized carbons (Fsp3) is 0.375. The van der Waals surface area contributed by atoms with Crippen molar-refractivity contribution in [2.75, 3.05) is 0 Å². The number of ether oxygens (including phenoxy) is 2. The molecule has 184 valence electrons. The highest BCUT2D eigenvalue weighted by atomic mass is 16.5. The van der Waals surface area contributed by atoms with Gasteiger partial charge in [0.05, 0.1) is 11.1 Å².